The molecule has 52 heavy (non-hydrogen) atoms. The average Bonchev–Trinajstić information content (AvgIpc) is 3.15. The van der Waals surface area contributed by atoms with E-state index in [1.54, 1.807) is 0 Å². The van der Waals surface area contributed by atoms with E-state index in [1.807, 2.05) is 61.2 Å². The summed E-state index contributed by atoms with van der Waals surface area (Å²) >= 11 is -3.11. The van der Waals surface area contributed by atoms with Crippen LogP contribution in [0.5, 0.6) is 0 Å². The summed E-state index contributed by atoms with van der Waals surface area (Å²) in [5.41, 5.74) is 0. The molecule has 2 aromatic rings. The lowest BCUT2D eigenvalue weighted by Crippen LogP contribution is -2.33. The fourth-order valence-corrected chi connectivity index (χ4v) is 6.18. The Morgan fingerprint density at radius 1 is 0.385 bits per heavy atom. The fourth-order valence-electron chi connectivity index (χ4n) is 6.18. The van der Waals surface area contributed by atoms with Crippen LogP contribution in [0, 0.1) is 0 Å². The maximum atomic E-state index is 8.44. The number of hydrogen-bond acceptors (Lipinski definition) is 5. The lowest BCUT2D eigenvalue weighted by molar-refractivity contribution is -0.732. The van der Waals surface area contributed by atoms with Crippen molar-refractivity contribution in [2.75, 3.05) is 13.2 Å². The third-order valence-corrected chi connectivity index (χ3v) is 9.32. The van der Waals surface area contributed by atoms with Gasteiger partial charge in [0.15, 0.2) is 24.8 Å². The summed E-state index contributed by atoms with van der Waals surface area (Å²) in [5.74, 6) is 0. The van der Waals surface area contributed by atoms with Gasteiger partial charge in [-0.1, -0.05) is 193 Å². The number of unbranched alkanes of at least 4 members (excludes halogenated alkanes) is 26. The van der Waals surface area contributed by atoms with Gasteiger partial charge in [-0.3, -0.25) is 4.21 Å². The molecule has 0 aliphatic heterocycles. The van der Waals surface area contributed by atoms with Gasteiger partial charge in [0, 0.05) is 24.3 Å². The SMILES string of the molecule is CCCCCCCCCCCCCCCCOC[n+]1ccccc1.CCCCCCCCCCCCCCCCOC[n+]1ccccc1.O=S([O-])[O-]. The first-order valence-corrected chi connectivity index (χ1v) is 22.4. The summed E-state index contributed by atoms with van der Waals surface area (Å²) in [4.78, 5) is 0. The van der Waals surface area contributed by atoms with Crippen molar-refractivity contribution in [1.29, 1.82) is 0 Å². The molecule has 2 heterocycles. The Bertz CT molecular complexity index is 879. The van der Waals surface area contributed by atoms with Crippen LogP contribution in [0.1, 0.15) is 194 Å². The fraction of sp³-hybridized carbons (Fsp3) is 0.773. The molecule has 0 radical (unpaired) electrons. The second kappa shape index (κ2) is 43.7. The monoisotopic (exact) mass is 749 g/mol. The minimum atomic E-state index is -3.11. The highest BCUT2D eigenvalue weighted by Crippen LogP contribution is 2.14. The zero-order valence-corrected chi connectivity index (χ0v) is 34.6. The van der Waals surface area contributed by atoms with Crippen molar-refractivity contribution < 1.29 is 31.9 Å². The number of rotatable bonds is 34. The Labute approximate surface area is 323 Å². The van der Waals surface area contributed by atoms with Crippen LogP contribution in [-0.2, 0) is 34.3 Å². The quantitative estimate of drug-likeness (QED) is 0.0404. The van der Waals surface area contributed by atoms with E-state index in [0.29, 0.717) is 13.5 Å². The number of hydrogen-bond donors (Lipinski definition) is 0. The van der Waals surface area contributed by atoms with Crippen molar-refractivity contribution in [3.05, 3.63) is 61.2 Å². The zero-order chi connectivity index (χ0) is 37.8. The summed E-state index contributed by atoms with van der Waals surface area (Å²) in [5, 5.41) is 0. The van der Waals surface area contributed by atoms with Crippen molar-refractivity contribution in [3.8, 4) is 0 Å². The molecular formula is C44H80N2O5S. The Balaban J connectivity index is 0.000000906. The summed E-state index contributed by atoms with van der Waals surface area (Å²) in [6.45, 7) is 7.71. The highest BCUT2D eigenvalue weighted by Gasteiger charge is 1.99. The van der Waals surface area contributed by atoms with Gasteiger partial charge in [0.2, 0.25) is 0 Å². The van der Waals surface area contributed by atoms with Gasteiger partial charge >= 0.3 is 0 Å². The highest BCUT2D eigenvalue weighted by atomic mass is 32.2. The molecule has 302 valence electrons. The normalized spacial score (nSPS) is 10.9. The molecule has 0 amide bonds. The van der Waals surface area contributed by atoms with Gasteiger partial charge in [-0.25, -0.2) is 0 Å². The molecular weight excluding hydrogens is 669 g/mol. The van der Waals surface area contributed by atoms with Crippen molar-refractivity contribution >= 4 is 11.4 Å². The lowest BCUT2D eigenvalue weighted by Gasteiger charge is -2.03. The molecule has 2 aromatic heterocycles. The Kier molecular flexibility index (Phi) is 42.3. The third-order valence-electron chi connectivity index (χ3n) is 9.32. The van der Waals surface area contributed by atoms with Gasteiger partial charge in [0.25, 0.3) is 13.5 Å². The molecule has 0 saturated heterocycles. The topological polar surface area (TPSA) is 89.4 Å². The first kappa shape index (κ1) is 50.3. The molecule has 0 N–H and O–H groups in total. The van der Waals surface area contributed by atoms with E-state index in [0.717, 1.165) is 13.2 Å². The van der Waals surface area contributed by atoms with E-state index < -0.39 is 11.4 Å². The molecule has 0 unspecified atom stereocenters. The predicted octanol–water partition coefficient (Wildman–Crippen LogP) is 11.9. The van der Waals surface area contributed by atoms with E-state index >= 15 is 0 Å². The van der Waals surface area contributed by atoms with Crippen LogP contribution in [0.2, 0.25) is 0 Å². The van der Waals surface area contributed by atoms with E-state index in [-0.39, 0.29) is 0 Å². The second-order valence-corrected chi connectivity index (χ2v) is 14.7. The van der Waals surface area contributed by atoms with Gasteiger partial charge in [-0.15, -0.1) is 11.4 Å². The predicted molar refractivity (Wildman–Crippen MR) is 215 cm³/mol. The average molecular weight is 749 g/mol. The molecule has 0 atom stereocenters. The molecule has 7 nitrogen and oxygen atoms in total. The van der Waals surface area contributed by atoms with Gasteiger partial charge in [0.1, 0.15) is 0 Å². The Morgan fingerprint density at radius 3 is 0.827 bits per heavy atom. The van der Waals surface area contributed by atoms with Crippen LogP contribution in [0.3, 0.4) is 0 Å². The standard InChI is InChI=1S/2C22H40NO.H2O3S/c2*1-2-3-4-5-6-7-8-9-10-11-12-13-14-18-21-24-22-23-19-16-15-17-20-23;1-4(2)3/h2*15-17,19-20H,2-14,18,21-22H2,1H3;(H2,1,2,3)/q2*+1;/p-2. The third kappa shape index (κ3) is 42.7. The number of nitrogens with zero attached hydrogens (tertiary/aromatic N) is 2. The first-order chi connectivity index (χ1) is 25.6. The summed E-state index contributed by atoms with van der Waals surface area (Å²) in [6.07, 6.45) is 47.5. The van der Waals surface area contributed by atoms with Gasteiger partial charge in [0.05, 0.1) is 13.2 Å². The number of ether oxygens (including phenoxy) is 2. The second-order valence-electron chi connectivity index (χ2n) is 14.3. The van der Waals surface area contributed by atoms with Crippen LogP contribution < -0.4 is 9.13 Å². The van der Waals surface area contributed by atoms with Gasteiger partial charge in [-0.05, 0) is 12.8 Å². The van der Waals surface area contributed by atoms with E-state index in [1.165, 1.54) is 180 Å². The van der Waals surface area contributed by atoms with E-state index in [4.69, 9.17) is 22.8 Å². The van der Waals surface area contributed by atoms with Crippen molar-refractivity contribution in [3.63, 3.8) is 0 Å². The Hall–Kier alpha value is -1.71. The van der Waals surface area contributed by atoms with Gasteiger partial charge in [-0.2, -0.15) is 9.13 Å². The molecule has 0 spiro atoms. The first-order valence-electron chi connectivity index (χ1n) is 21.4. The molecule has 0 fully saturated rings. The summed E-state index contributed by atoms with van der Waals surface area (Å²) < 4.78 is 40.9. The minimum Gasteiger partial charge on any atom is -0.784 e. The van der Waals surface area contributed by atoms with E-state index in [9.17, 15) is 0 Å². The Morgan fingerprint density at radius 2 is 0.596 bits per heavy atom. The van der Waals surface area contributed by atoms with Crippen LogP contribution in [-0.4, -0.2) is 26.5 Å². The maximum Gasteiger partial charge on any atom is 0.252 e. The molecule has 0 aliphatic rings. The minimum absolute atomic E-state index is 0.680. The van der Waals surface area contributed by atoms with Crippen LogP contribution in [0.15, 0.2) is 61.2 Å². The smallest absolute Gasteiger partial charge is 0.252 e. The zero-order valence-electron chi connectivity index (χ0n) is 33.7. The van der Waals surface area contributed by atoms with Crippen LogP contribution >= 0.6 is 0 Å². The molecule has 0 bridgehead atoms. The largest absolute Gasteiger partial charge is 0.784 e. The maximum absolute atomic E-state index is 8.44. The highest BCUT2D eigenvalue weighted by molar-refractivity contribution is 7.72. The van der Waals surface area contributed by atoms with E-state index in [2.05, 4.69) is 23.0 Å². The molecule has 2 rings (SSSR count). The summed E-state index contributed by atoms with van der Waals surface area (Å²) in [6, 6.07) is 12.2. The molecule has 8 heteroatoms. The van der Waals surface area contributed by atoms with Gasteiger partial charge < -0.3 is 18.6 Å². The lowest BCUT2D eigenvalue weighted by atomic mass is 10.0. The molecule has 0 saturated carbocycles. The van der Waals surface area contributed by atoms with Crippen molar-refractivity contribution in [2.45, 2.75) is 207 Å². The van der Waals surface area contributed by atoms with Crippen LogP contribution in [0.4, 0.5) is 0 Å². The summed E-state index contributed by atoms with van der Waals surface area (Å²) in [7, 11) is 0. The van der Waals surface area contributed by atoms with Crippen LogP contribution in [0.25, 0.3) is 0 Å². The van der Waals surface area contributed by atoms with Crippen molar-refractivity contribution in [1.82, 2.24) is 0 Å². The number of pyridine rings is 2. The molecule has 0 aromatic carbocycles. The number of aromatic nitrogens is 2. The van der Waals surface area contributed by atoms with Crippen molar-refractivity contribution in [2.24, 2.45) is 0 Å². The molecule has 0 aliphatic carbocycles.